The number of hydrogen-bond donors (Lipinski definition) is 2. The maximum Gasteiger partial charge on any atom is 0.255 e. The van der Waals surface area contributed by atoms with Crippen molar-refractivity contribution in [2.24, 2.45) is 0 Å². The quantitative estimate of drug-likeness (QED) is 0.784. The van der Waals surface area contributed by atoms with Crippen LogP contribution in [0.15, 0.2) is 36.4 Å². The lowest BCUT2D eigenvalue weighted by Crippen LogP contribution is -2.12. The second-order valence-corrected chi connectivity index (χ2v) is 6.30. The molecule has 2 N–H and O–H groups in total. The van der Waals surface area contributed by atoms with Crippen LogP contribution < -0.4 is 10.0 Å². The van der Waals surface area contributed by atoms with Crippen LogP contribution in [0.5, 0.6) is 0 Å². The summed E-state index contributed by atoms with van der Waals surface area (Å²) < 4.78 is 42.7. The van der Waals surface area contributed by atoms with Gasteiger partial charge in [-0.1, -0.05) is 0 Å². The van der Waals surface area contributed by atoms with Gasteiger partial charge < -0.3 is 10.0 Å². The van der Waals surface area contributed by atoms with Gasteiger partial charge in [-0.2, -0.15) is 0 Å². The lowest BCUT2D eigenvalue weighted by molar-refractivity contribution is 0.102. The lowest BCUT2D eigenvalue weighted by atomic mass is 10.2. The van der Waals surface area contributed by atoms with E-state index >= 15 is 0 Å². The summed E-state index contributed by atoms with van der Waals surface area (Å²) in [5.41, 5.74) is 0.611. The maximum atomic E-state index is 13.7. The van der Waals surface area contributed by atoms with Crippen LogP contribution in [0.25, 0.3) is 0 Å². The van der Waals surface area contributed by atoms with Crippen molar-refractivity contribution in [2.45, 2.75) is 18.1 Å². The van der Waals surface area contributed by atoms with Crippen LogP contribution in [0.2, 0.25) is 0 Å². The highest BCUT2D eigenvalue weighted by atomic mass is 32.2. The minimum absolute atomic E-state index is 0.0184. The predicted octanol–water partition coefficient (Wildman–Crippen LogP) is 4.58. The molecule has 0 radical (unpaired) electrons. The Morgan fingerprint density at radius 1 is 1.00 bits per heavy atom. The first-order chi connectivity index (χ1) is 11.0. The van der Waals surface area contributed by atoms with E-state index in [-0.39, 0.29) is 11.3 Å². The van der Waals surface area contributed by atoms with Crippen LogP contribution in [0.4, 0.5) is 24.5 Å². The molecule has 0 saturated heterocycles. The molecule has 0 aliphatic heterocycles. The molecule has 1 saturated carbocycles. The fourth-order valence-corrected chi connectivity index (χ4v) is 2.68. The van der Waals surface area contributed by atoms with Gasteiger partial charge in [-0.05, 0) is 61.2 Å². The number of nitrogens with one attached hydrogen (secondary N) is 2. The first kappa shape index (κ1) is 15.7. The van der Waals surface area contributed by atoms with Crippen molar-refractivity contribution in [2.75, 3.05) is 10.0 Å². The van der Waals surface area contributed by atoms with Gasteiger partial charge >= 0.3 is 0 Å². The van der Waals surface area contributed by atoms with Crippen molar-refractivity contribution in [3.8, 4) is 0 Å². The van der Waals surface area contributed by atoms with Crippen molar-refractivity contribution >= 4 is 29.2 Å². The Bertz CT molecular complexity index is 750. The summed E-state index contributed by atoms with van der Waals surface area (Å²) in [5, 5.41) is 3.03. The second-order valence-electron chi connectivity index (χ2n) is 5.20. The zero-order valence-corrected chi connectivity index (χ0v) is 12.7. The first-order valence-corrected chi connectivity index (χ1v) is 7.88. The SMILES string of the molecule is O=C(Nc1ccc(F)c(NSC2CC2)c1)c1ccc(F)c(F)c1. The van der Waals surface area contributed by atoms with Gasteiger partial charge in [0.1, 0.15) is 5.82 Å². The third kappa shape index (κ3) is 3.98. The monoisotopic (exact) mass is 338 g/mol. The molecule has 23 heavy (non-hydrogen) atoms. The number of anilines is 2. The summed E-state index contributed by atoms with van der Waals surface area (Å²) in [4.78, 5) is 12.0. The highest BCUT2D eigenvalue weighted by molar-refractivity contribution is 8.01. The van der Waals surface area contributed by atoms with Gasteiger partial charge in [0.25, 0.3) is 5.91 Å². The molecule has 120 valence electrons. The number of carbonyl (C=O) groups is 1. The highest BCUT2D eigenvalue weighted by Gasteiger charge is 2.22. The normalized spacial score (nSPS) is 13.7. The molecule has 1 aliphatic carbocycles. The molecule has 2 aromatic rings. The molecule has 0 heterocycles. The largest absolute Gasteiger partial charge is 0.327 e. The van der Waals surface area contributed by atoms with E-state index in [9.17, 15) is 18.0 Å². The van der Waals surface area contributed by atoms with E-state index < -0.39 is 23.4 Å². The summed E-state index contributed by atoms with van der Waals surface area (Å²) >= 11 is 1.44. The molecule has 7 heteroatoms. The molecular weight excluding hydrogens is 325 g/mol. The van der Waals surface area contributed by atoms with Gasteiger partial charge in [-0.15, -0.1) is 0 Å². The Morgan fingerprint density at radius 2 is 1.74 bits per heavy atom. The molecule has 2 aromatic carbocycles. The highest BCUT2D eigenvalue weighted by Crippen LogP contribution is 2.35. The zero-order chi connectivity index (χ0) is 16.4. The van der Waals surface area contributed by atoms with E-state index in [1.54, 1.807) is 0 Å². The summed E-state index contributed by atoms with van der Waals surface area (Å²) in [6, 6.07) is 6.98. The Labute approximate surface area is 135 Å². The molecule has 1 aliphatic rings. The number of amides is 1. The average Bonchev–Trinajstić information content (AvgIpc) is 3.34. The first-order valence-electron chi connectivity index (χ1n) is 7.00. The van der Waals surface area contributed by atoms with Crippen molar-refractivity contribution in [3.63, 3.8) is 0 Å². The van der Waals surface area contributed by atoms with Crippen LogP contribution in [-0.2, 0) is 0 Å². The smallest absolute Gasteiger partial charge is 0.255 e. The van der Waals surface area contributed by atoms with Crippen molar-refractivity contribution in [1.29, 1.82) is 0 Å². The van der Waals surface area contributed by atoms with Gasteiger partial charge in [0.15, 0.2) is 11.6 Å². The molecule has 0 aromatic heterocycles. The van der Waals surface area contributed by atoms with Gasteiger partial charge in [0.2, 0.25) is 0 Å². The maximum absolute atomic E-state index is 13.7. The summed E-state index contributed by atoms with van der Waals surface area (Å²) in [7, 11) is 0. The van der Waals surface area contributed by atoms with Gasteiger partial charge in [0, 0.05) is 16.5 Å². The lowest BCUT2D eigenvalue weighted by Gasteiger charge is -2.10. The van der Waals surface area contributed by atoms with Crippen LogP contribution in [0.1, 0.15) is 23.2 Å². The number of rotatable bonds is 5. The van der Waals surface area contributed by atoms with E-state index in [1.807, 2.05) is 0 Å². The Kier molecular flexibility index (Phi) is 4.47. The van der Waals surface area contributed by atoms with Crippen molar-refractivity contribution < 1.29 is 18.0 Å². The molecule has 0 bridgehead atoms. The second kappa shape index (κ2) is 6.54. The minimum atomic E-state index is -1.10. The number of hydrogen-bond acceptors (Lipinski definition) is 3. The Morgan fingerprint density at radius 3 is 2.43 bits per heavy atom. The van der Waals surface area contributed by atoms with Gasteiger partial charge in [-0.25, -0.2) is 13.2 Å². The third-order valence-electron chi connectivity index (χ3n) is 3.27. The van der Waals surface area contributed by atoms with Gasteiger partial charge in [-0.3, -0.25) is 4.79 Å². The van der Waals surface area contributed by atoms with Gasteiger partial charge in [0.05, 0.1) is 5.69 Å². The number of benzene rings is 2. The standard InChI is InChI=1S/C16H13F3N2OS/c17-12-5-1-9(7-14(12)19)16(22)20-10-2-6-13(18)15(8-10)21-23-11-3-4-11/h1-2,5-8,11,21H,3-4H2,(H,20,22). The molecule has 3 rings (SSSR count). The van der Waals surface area contributed by atoms with E-state index in [2.05, 4.69) is 10.0 Å². The molecule has 0 spiro atoms. The van der Waals surface area contributed by atoms with Crippen LogP contribution in [0, 0.1) is 17.5 Å². The fourth-order valence-electron chi connectivity index (χ4n) is 1.85. The topological polar surface area (TPSA) is 41.1 Å². The number of halogens is 3. The van der Waals surface area contributed by atoms with E-state index in [1.165, 1.54) is 36.2 Å². The molecular formula is C16H13F3N2OS. The van der Waals surface area contributed by atoms with E-state index in [0.29, 0.717) is 10.9 Å². The zero-order valence-electron chi connectivity index (χ0n) is 11.9. The van der Waals surface area contributed by atoms with Crippen molar-refractivity contribution in [1.82, 2.24) is 0 Å². The Hall–Kier alpha value is -2.15. The molecule has 0 unspecified atom stereocenters. The average molecular weight is 338 g/mol. The molecule has 1 fully saturated rings. The minimum Gasteiger partial charge on any atom is -0.327 e. The third-order valence-corrected chi connectivity index (χ3v) is 4.41. The fraction of sp³-hybridized carbons (Fsp3) is 0.188. The number of carbonyl (C=O) groups excluding carboxylic acids is 1. The van der Waals surface area contributed by atoms with Crippen LogP contribution in [-0.4, -0.2) is 11.2 Å². The summed E-state index contributed by atoms with van der Waals surface area (Å²) in [5.74, 6) is -3.15. The Balaban J connectivity index is 1.71. The predicted molar refractivity (Wildman–Crippen MR) is 84.9 cm³/mol. The van der Waals surface area contributed by atoms with Crippen LogP contribution >= 0.6 is 11.9 Å². The summed E-state index contributed by atoms with van der Waals surface area (Å²) in [6.07, 6.45) is 2.21. The molecule has 3 nitrogen and oxygen atoms in total. The van der Waals surface area contributed by atoms with E-state index in [0.717, 1.165) is 25.0 Å². The summed E-state index contributed by atoms with van der Waals surface area (Å²) in [6.45, 7) is 0. The molecule has 1 amide bonds. The van der Waals surface area contributed by atoms with Crippen LogP contribution in [0.3, 0.4) is 0 Å². The molecule has 0 atom stereocenters. The van der Waals surface area contributed by atoms with Crippen molar-refractivity contribution in [3.05, 3.63) is 59.4 Å². The van der Waals surface area contributed by atoms with E-state index in [4.69, 9.17) is 0 Å².